The minimum atomic E-state index is -0.00399. The zero-order chi connectivity index (χ0) is 14.5. The second kappa shape index (κ2) is 7.13. The van der Waals surface area contributed by atoms with Crippen LogP contribution in [0.3, 0.4) is 0 Å². The topological polar surface area (TPSA) is 76.7 Å². The molecule has 0 spiro atoms. The van der Waals surface area contributed by atoms with Crippen LogP contribution < -0.4 is 20.5 Å². The van der Waals surface area contributed by atoms with Crippen LogP contribution in [0.2, 0.25) is 5.02 Å². The lowest BCUT2D eigenvalue weighted by Crippen LogP contribution is -2.35. The van der Waals surface area contributed by atoms with Gasteiger partial charge < -0.3 is 25.6 Å². The van der Waals surface area contributed by atoms with Crippen LogP contribution in [0, 0.1) is 0 Å². The molecule has 0 aromatic heterocycles. The molecule has 0 amide bonds. The summed E-state index contributed by atoms with van der Waals surface area (Å²) in [6, 6.07) is 4.03. The first kappa shape index (κ1) is 15.4. The molecule has 0 saturated carbocycles. The van der Waals surface area contributed by atoms with Gasteiger partial charge in [0, 0.05) is 25.2 Å². The van der Waals surface area contributed by atoms with E-state index in [1.165, 1.54) is 0 Å². The zero-order valence-corrected chi connectivity index (χ0v) is 12.3. The minimum Gasteiger partial charge on any atom is -0.454 e. The fraction of sp³-hybridized carbons (Fsp3) is 0.571. The van der Waals surface area contributed by atoms with Crippen LogP contribution >= 0.6 is 11.6 Å². The Morgan fingerprint density at radius 1 is 1.45 bits per heavy atom. The molecule has 0 aliphatic carbocycles. The van der Waals surface area contributed by atoms with Crippen LogP contribution in [0.4, 0.5) is 0 Å². The number of aliphatic hydroxyl groups excluding tert-OH is 1. The van der Waals surface area contributed by atoms with Crippen molar-refractivity contribution in [1.29, 1.82) is 0 Å². The van der Waals surface area contributed by atoms with Crippen molar-refractivity contribution in [2.75, 3.05) is 19.9 Å². The molecule has 2 unspecified atom stereocenters. The van der Waals surface area contributed by atoms with E-state index in [1.54, 1.807) is 0 Å². The van der Waals surface area contributed by atoms with Gasteiger partial charge in [-0.05, 0) is 37.5 Å². The van der Waals surface area contributed by atoms with E-state index in [4.69, 9.17) is 31.9 Å². The Bertz CT molecular complexity index is 456. The van der Waals surface area contributed by atoms with Gasteiger partial charge >= 0.3 is 0 Å². The summed E-state index contributed by atoms with van der Waals surface area (Å²) in [6.45, 7) is 2.94. The summed E-state index contributed by atoms with van der Waals surface area (Å²) in [5.41, 5.74) is 6.83. The van der Waals surface area contributed by atoms with Gasteiger partial charge in [0.05, 0.1) is 5.02 Å². The van der Waals surface area contributed by atoms with Gasteiger partial charge in [0.2, 0.25) is 6.79 Å². The molecule has 0 bridgehead atoms. The Hall–Kier alpha value is -1.01. The number of aliphatic hydroxyl groups is 1. The maximum absolute atomic E-state index is 8.87. The number of benzene rings is 1. The molecule has 1 aromatic carbocycles. The molecular formula is C14H21ClN2O3. The van der Waals surface area contributed by atoms with Gasteiger partial charge in [0.25, 0.3) is 0 Å². The third-order valence-corrected chi connectivity index (χ3v) is 3.65. The van der Waals surface area contributed by atoms with Gasteiger partial charge in [0.15, 0.2) is 11.5 Å². The first-order chi connectivity index (χ1) is 9.65. The lowest BCUT2D eigenvalue weighted by molar-refractivity contribution is 0.174. The highest BCUT2D eigenvalue weighted by atomic mass is 35.5. The third kappa shape index (κ3) is 3.55. The average Bonchev–Trinajstić information content (AvgIpc) is 2.91. The monoisotopic (exact) mass is 300 g/mol. The molecule has 2 rings (SSSR count). The molecule has 6 heteroatoms. The van der Waals surface area contributed by atoms with Crippen LogP contribution in [0.1, 0.15) is 31.4 Å². The molecule has 0 radical (unpaired) electrons. The predicted octanol–water partition coefficient (Wildman–Crippen LogP) is 1.82. The summed E-state index contributed by atoms with van der Waals surface area (Å²) in [5, 5.41) is 12.9. The highest BCUT2D eigenvalue weighted by Crippen LogP contribution is 2.41. The standard InChI is InChI=1S/C14H21ClN2O3/c1-9(3-2-4-18)17-12(7-16)10-5-11(15)14-13(6-10)19-8-20-14/h5-6,9,12,17-18H,2-4,7-8,16H2,1H3. The van der Waals surface area contributed by atoms with Crippen LogP contribution in [-0.4, -0.2) is 31.1 Å². The summed E-state index contributed by atoms with van der Waals surface area (Å²) >= 11 is 6.19. The minimum absolute atomic E-state index is 0.00399. The van der Waals surface area contributed by atoms with E-state index in [0.29, 0.717) is 23.1 Å². The Kier molecular flexibility index (Phi) is 5.48. The van der Waals surface area contributed by atoms with E-state index in [2.05, 4.69) is 12.2 Å². The van der Waals surface area contributed by atoms with E-state index in [-0.39, 0.29) is 25.5 Å². The molecule has 0 saturated heterocycles. The first-order valence-electron chi connectivity index (χ1n) is 6.81. The quantitative estimate of drug-likeness (QED) is 0.716. The second-order valence-corrected chi connectivity index (χ2v) is 5.37. The number of nitrogens with one attached hydrogen (secondary N) is 1. The largest absolute Gasteiger partial charge is 0.454 e. The van der Waals surface area contributed by atoms with Crippen molar-refractivity contribution in [3.05, 3.63) is 22.7 Å². The number of ether oxygens (including phenoxy) is 2. The highest BCUT2D eigenvalue weighted by molar-refractivity contribution is 6.32. The van der Waals surface area contributed by atoms with Gasteiger partial charge in [-0.3, -0.25) is 0 Å². The molecular weight excluding hydrogens is 280 g/mol. The van der Waals surface area contributed by atoms with Crippen molar-refractivity contribution >= 4 is 11.6 Å². The van der Waals surface area contributed by atoms with Crippen LogP contribution in [0.15, 0.2) is 12.1 Å². The molecule has 5 nitrogen and oxygen atoms in total. The molecule has 2 atom stereocenters. The SMILES string of the molecule is CC(CCCO)NC(CN)c1cc(Cl)c2c(c1)OCO2. The van der Waals surface area contributed by atoms with E-state index >= 15 is 0 Å². The van der Waals surface area contributed by atoms with Gasteiger partial charge in [-0.2, -0.15) is 0 Å². The second-order valence-electron chi connectivity index (χ2n) is 4.96. The lowest BCUT2D eigenvalue weighted by Gasteiger charge is -2.23. The lowest BCUT2D eigenvalue weighted by atomic mass is 10.0. The molecule has 1 aliphatic heterocycles. The van der Waals surface area contributed by atoms with Gasteiger partial charge in [-0.15, -0.1) is 0 Å². The number of halogens is 1. The predicted molar refractivity (Wildman–Crippen MR) is 78.3 cm³/mol. The maximum atomic E-state index is 8.87. The van der Waals surface area contributed by atoms with Crippen LogP contribution in [-0.2, 0) is 0 Å². The van der Waals surface area contributed by atoms with Crippen LogP contribution in [0.25, 0.3) is 0 Å². The average molecular weight is 301 g/mol. The Morgan fingerprint density at radius 2 is 2.25 bits per heavy atom. The first-order valence-corrected chi connectivity index (χ1v) is 7.19. The number of rotatable bonds is 7. The summed E-state index contributed by atoms with van der Waals surface area (Å²) in [4.78, 5) is 0. The maximum Gasteiger partial charge on any atom is 0.231 e. The molecule has 112 valence electrons. The van der Waals surface area contributed by atoms with Gasteiger partial charge in [0.1, 0.15) is 0 Å². The number of nitrogens with two attached hydrogens (primary N) is 1. The third-order valence-electron chi connectivity index (χ3n) is 3.37. The molecule has 1 heterocycles. The van der Waals surface area contributed by atoms with E-state index in [0.717, 1.165) is 18.4 Å². The van der Waals surface area contributed by atoms with Gasteiger partial charge in [-0.25, -0.2) is 0 Å². The van der Waals surface area contributed by atoms with Crippen LogP contribution in [0.5, 0.6) is 11.5 Å². The van der Waals surface area contributed by atoms with Gasteiger partial charge in [-0.1, -0.05) is 11.6 Å². The Labute approximate surface area is 124 Å². The van der Waals surface area contributed by atoms with E-state index in [9.17, 15) is 0 Å². The van der Waals surface area contributed by atoms with E-state index in [1.807, 2.05) is 12.1 Å². The van der Waals surface area contributed by atoms with E-state index < -0.39 is 0 Å². The molecule has 1 aliphatic rings. The summed E-state index contributed by atoms with van der Waals surface area (Å²) in [6.07, 6.45) is 1.67. The molecule has 20 heavy (non-hydrogen) atoms. The number of hydrogen-bond donors (Lipinski definition) is 3. The normalized spacial score (nSPS) is 16.2. The molecule has 4 N–H and O–H groups in total. The van der Waals surface area contributed by atoms with Crippen molar-refractivity contribution in [3.8, 4) is 11.5 Å². The molecule has 1 aromatic rings. The molecule has 0 fully saturated rings. The number of hydrogen-bond acceptors (Lipinski definition) is 5. The van der Waals surface area contributed by atoms with Crippen molar-refractivity contribution in [1.82, 2.24) is 5.32 Å². The summed E-state index contributed by atoms with van der Waals surface area (Å²) in [5.74, 6) is 1.26. The number of fused-ring (bicyclic) bond motifs is 1. The highest BCUT2D eigenvalue weighted by Gasteiger charge is 2.21. The zero-order valence-electron chi connectivity index (χ0n) is 11.6. The fourth-order valence-electron chi connectivity index (χ4n) is 2.31. The van der Waals surface area contributed by atoms with Crippen molar-refractivity contribution in [3.63, 3.8) is 0 Å². The fourth-order valence-corrected chi connectivity index (χ4v) is 2.59. The summed E-state index contributed by atoms with van der Waals surface area (Å²) < 4.78 is 10.7. The van der Waals surface area contributed by atoms with Crippen molar-refractivity contribution in [2.45, 2.75) is 31.8 Å². The summed E-state index contributed by atoms with van der Waals surface area (Å²) in [7, 11) is 0. The Balaban J connectivity index is 2.09. The smallest absolute Gasteiger partial charge is 0.231 e. The van der Waals surface area contributed by atoms with Crippen molar-refractivity contribution in [2.24, 2.45) is 5.73 Å². The van der Waals surface area contributed by atoms with Crippen molar-refractivity contribution < 1.29 is 14.6 Å². The Morgan fingerprint density at radius 3 is 2.95 bits per heavy atom.